The Morgan fingerprint density at radius 2 is 2.15 bits per heavy atom. The van der Waals surface area contributed by atoms with Crippen LogP contribution < -0.4 is 4.72 Å². The number of methoxy groups -OCH3 is 1. The summed E-state index contributed by atoms with van der Waals surface area (Å²) in [5.41, 5.74) is 1.92. The van der Waals surface area contributed by atoms with Crippen molar-refractivity contribution in [2.45, 2.75) is 6.92 Å². The first-order valence-corrected chi connectivity index (χ1v) is 7.50. The van der Waals surface area contributed by atoms with Crippen LogP contribution in [0, 0.1) is 6.92 Å². The van der Waals surface area contributed by atoms with Gasteiger partial charge in [0.25, 0.3) is 0 Å². The van der Waals surface area contributed by atoms with Gasteiger partial charge in [-0.3, -0.25) is 4.72 Å². The van der Waals surface area contributed by atoms with Gasteiger partial charge in [-0.05, 0) is 36.3 Å². The predicted octanol–water partition coefficient (Wildman–Crippen LogP) is 1.48. The van der Waals surface area contributed by atoms with Crippen LogP contribution in [0.25, 0.3) is 6.08 Å². The molecule has 0 aliphatic heterocycles. The number of hydrogen-bond donors (Lipinski definition) is 2. The molecule has 1 aromatic rings. The average Bonchev–Trinajstić information content (AvgIpc) is 2.35. The second-order valence-electron chi connectivity index (χ2n) is 4.16. The Balaban J connectivity index is 2.85. The first kappa shape index (κ1) is 16.2. The summed E-state index contributed by atoms with van der Waals surface area (Å²) in [5.74, 6) is -1.16. The highest BCUT2D eigenvalue weighted by Gasteiger charge is 2.10. The number of hydrogen-bond acceptors (Lipinski definition) is 4. The topological polar surface area (TPSA) is 92.7 Å². The van der Waals surface area contributed by atoms with Gasteiger partial charge < -0.3 is 9.84 Å². The van der Waals surface area contributed by atoms with Crippen LogP contribution in [0.5, 0.6) is 0 Å². The number of aliphatic carboxylic acids is 1. The Morgan fingerprint density at radius 3 is 2.70 bits per heavy atom. The van der Waals surface area contributed by atoms with Crippen molar-refractivity contribution in [3.63, 3.8) is 0 Å². The molecule has 0 aliphatic rings. The van der Waals surface area contributed by atoms with E-state index in [9.17, 15) is 13.2 Å². The molecule has 6 nitrogen and oxygen atoms in total. The smallest absolute Gasteiger partial charge is 0.328 e. The van der Waals surface area contributed by atoms with Crippen molar-refractivity contribution in [3.8, 4) is 0 Å². The van der Waals surface area contributed by atoms with E-state index in [0.717, 1.165) is 11.6 Å². The van der Waals surface area contributed by atoms with Crippen LogP contribution >= 0.6 is 0 Å². The van der Waals surface area contributed by atoms with Gasteiger partial charge in [-0.2, -0.15) is 0 Å². The third-order valence-corrected chi connectivity index (χ3v) is 3.76. The summed E-state index contributed by atoms with van der Waals surface area (Å²) in [5, 5.41) is 8.57. The molecule has 0 bridgehead atoms. The molecule has 2 N–H and O–H groups in total. The highest BCUT2D eigenvalue weighted by molar-refractivity contribution is 7.92. The van der Waals surface area contributed by atoms with Crippen molar-refractivity contribution in [2.75, 3.05) is 24.2 Å². The summed E-state index contributed by atoms with van der Waals surface area (Å²) >= 11 is 0. The maximum atomic E-state index is 11.7. The highest BCUT2D eigenvalue weighted by atomic mass is 32.2. The number of sulfonamides is 1. The molecule has 1 aromatic carbocycles. The summed E-state index contributed by atoms with van der Waals surface area (Å²) in [6.45, 7) is 1.89. The average molecular weight is 299 g/mol. The third-order valence-electron chi connectivity index (χ3n) is 2.50. The molecule has 7 heteroatoms. The van der Waals surface area contributed by atoms with E-state index in [0.29, 0.717) is 11.3 Å². The number of ether oxygens (including phenoxy) is 1. The zero-order valence-electron chi connectivity index (χ0n) is 11.3. The van der Waals surface area contributed by atoms with Crippen molar-refractivity contribution < 1.29 is 23.1 Å². The predicted molar refractivity (Wildman–Crippen MR) is 77.1 cm³/mol. The Bertz CT molecular complexity index is 607. The van der Waals surface area contributed by atoms with E-state index in [1.807, 2.05) is 0 Å². The van der Waals surface area contributed by atoms with E-state index < -0.39 is 16.0 Å². The highest BCUT2D eigenvalue weighted by Crippen LogP contribution is 2.17. The fraction of sp³-hybridized carbons (Fsp3) is 0.308. The van der Waals surface area contributed by atoms with E-state index in [2.05, 4.69) is 4.72 Å². The molecule has 0 spiro atoms. The van der Waals surface area contributed by atoms with Gasteiger partial charge in [-0.25, -0.2) is 13.2 Å². The summed E-state index contributed by atoms with van der Waals surface area (Å²) in [7, 11) is -2.01. The van der Waals surface area contributed by atoms with E-state index in [4.69, 9.17) is 9.84 Å². The van der Waals surface area contributed by atoms with Crippen molar-refractivity contribution in [1.82, 2.24) is 0 Å². The Morgan fingerprint density at radius 1 is 1.45 bits per heavy atom. The lowest BCUT2D eigenvalue weighted by Gasteiger charge is -2.09. The number of anilines is 1. The Kier molecular flexibility index (Phi) is 5.72. The first-order chi connectivity index (χ1) is 9.34. The van der Waals surface area contributed by atoms with E-state index in [1.165, 1.54) is 13.2 Å². The van der Waals surface area contributed by atoms with Crippen LogP contribution in [0.1, 0.15) is 11.1 Å². The minimum Gasteiger partial charge on any atom is -0.478 e. The molecular formula is C13H17NO5S. The molecule has 0 aliphatic carbocycles. The van der Waals surface area contributed by atoms with Crippen LogP contribution in [0.15, 0.2) is 24.3 Å². The maximum absolute atomic E-state index is 11.7. The molecule has 0 unspecified atom stereocenters. The lowest BCUT2D eigenvalue weighted by molar-refractivity contribution is -0.131. The second-order valence-corrected chi connectivity index (χ2v) is 6.00. The Hall–Kier alpha value is -1.86. The maximum Gasteiger partial charge on any atom is 0.328 e. The lowest BCUT2D eigenvalue weighted by Crippen LogP contribution is -2.19. The van der Waals surface area contributed by atoms with Crippen LogP contribution in [0.2, 0.25) is 0 Å². The molecular weight excluding hydrogens is 282 g/mol. The van der Waals surface area contributed by atoms with Gasteiger partial charge in [0.15, 0.2) is 0 Å². The Labute approximate surface area is 118 Å². The molecule has 0 amide bonds. The van der Waals surface area contributed by atoms with Crippen molar-refractivity contribution in [1.29, 1.82) is 0 Å². The molecule has 0 saturated heterocycles. The molecule has 0 heterocycles. The second kappa shape index (κ2) is 7.06. The number of carbonyl (C=O) groups is 1. The summed E-state index contributed by atoms with van der Waals surface area (Å²) in [4.78, 5) is 10.4. The van der Waals surface area contributed by atoms with Crippen molar-refractivity contribution >= 4 is 27.8 Å². The summed E-state index contributed by atoms with van der Waals surface area (Å²) in [6.07, 6.45) is 2.49. The number of carboxylic acids is 1. The van der Waals surface area contributed by atoms with Gasteiger partial charge >= 0.3 is 5.97 Å². The molecule has 0 radical (unpaired) electrons. The van der Waals surface area contributed by atoms with Gasteiger partial charge in [-0.15, -0.1) is 0 Å². The quantitative estimate of drug-likeness (QED) is 0.744. The van der Waals surface area contributed by atoms with E-state index in [-0.39, 0.29) is 12.4 Å². The molecule has 0 aromatic heterocycles. The van der Waals surface area contributed by atoms with Gasteiger partial charge in [0.1, 0.15) is 0 Å². The third kappa shape index (κ3) is 5.41. The van der Waals surface area contributed by atoms with Crippen molar-refractivity contribution in [3.05, 3.63) is 35.4 Å². The van der Waals surface area contributed by atoms with Gasteiger partial charge in [0, 0.05) is 18.9 Å². The number of nitrogens with one attached hydrogen (secondary N) is 1. The molecule has 1 rings (SSSR count). The first-order valence-electron chi connectivity index (χ1n) is 5.85. The molecule has 0 fully saturated rings. The van der Waals surface area contributed by atoms with Gasteiger partial charge in [0.05, 0.1) is 12.4 Å². The van der Waals surface area contributed by atoms with Crippen LogP contribution in [-0.2, 0) is 19.6 Å². The van der Waals surface area contributed by atoms with E-state index >= 15 is 0 Å². The summed E-state index contributed by atoms with van der Waals surface area (Å²) < 4.78 is 30.5. The van der Waals surface area contributed by atoms with Crippen LogP contribution in [0.4, 0.5) is 5.69 Å². The lowest BCUT2D eigenvalue weighted by atomic mass is 10.1. The molecule has 20 heavy (non-hydrogen) atoms. The molecule has 110 valence electrons. The number of benzene rings is 1. The number of aryl methyl sites for hydroxylation is 1. The standard InChI is InChI=1S/C13H17NO5S/c1-10-9-12(14-20(17,18)8-7-19-2)5-3-11(10)4-6-13(15)16/h3-6,9,14H,7-8H2,1-2H3,(H,15,16). The van der Waals surface area contributed by atoms with Gasteiger partial charge in [0.2, 0.25) is 10.0 Å². The minimum atomic E-state index is -3.44. The number of carboxylic acid groups (broad SMARTS) is 1. The van der Waals surface area contributed by atoms with Crippen molar-refractivity contribution in [2.24, 2.45) is 0 Å². The largest absolute Gasteiger partial charge is 0.478 e. The summed E-state index contributed by atoms with van der Waals surface area (Å²) in [6, 6.07) is 4.88. The minimum absolute atomic E-state index is 0.119. The number of rotatable bonds is 7. The van der Waals surface area contributed by atoms with Gasteiger partial charge in [-0.1, -0.05) is 6.07 Å². The molecule has 0 saturated carbocycles. The van der Waals surface area contributed by atoms with Crippen LogP contribution in [0.3, 0.4) is 0 Å². The molecule has 0 atom stereocenters. The van der Waals surface area contributed by atoms with Crippen LogP contribution in [-0.4, -0.2) is 39.0 Å². The SMILES string of the molecule is COCCS(=O)(=O)Nc1ccc(C=CC(=O)O)c(C)c1. The normalized spacial score (nSPS) is 11.7. The fourth-order valence-corrected chi connectivity index (χ4v) is 2.49. The zero-order valence-corrected chi connectivity index (χ0v) is 12.1. The fourth-order valence-electron chi connectivity index (χ4n) is 1.51. The zero-order chi connectivity index (χ0) is 15.2. The van der Waals surface area contributed by atoms with E-state index in [1.54, 1.807) is 25.1 Å². The monoisotopic (exact) mass is 299 g/mol.